The molecule has 0 fully saturated rings. The molecule has 0 radical (unpaired) electrons. The molecule has 3 aromatic heterocycles. The topological polar surface area (TPSA) is 68.2 Å². The van der Waals surface area contributed by atoms with Gasteiger partial charge >= 0.3 is 0 Å². The number of nitrogens with one attached hydrogen (secondary N) is 1. The summed E-state index contributed by atoms with van der Waals surface area (Å²) in [6.07, 6.45) is 6.65. The summed E-state index contributed by atoms with van der Waals surface area (Å²) in [7, 11) is 0. The first-order chi connectivity index (χ1) is 9.26. The minimum absolute atomic E-state index is 0.0257. The highest BCUT2D eigenvalue weighted by atomic mass is 32.1. The monoisotopic (exact) mass is 273 g/mol. The maximum absolute atomic E-state index is 5.65. The highest BCUT2D eigenvalue weighted by Gasteiger charge is 2.13. The predicted octanol–water partition coefficient (Wildman–Crippen LogP) is 1.85. The van der Waals surface area contributed by atoms with Crippen LogP contribution in [-0.4, -0.2) is 14.4 Å². The number of hydrogen-bond donors (Lipinski definition) is 2. The van der Waals surface area contributed by atoms with Crippen LogP contribution in [-0.2, 0) is 6.42 Å². The molecule has 5 nitrogen and oxygen atoms in total. The van der Waals surface area contributed by atoms with Gasteiger partial charge in [0.2, 0.25) is 0 Å². The van der Waals surface area contributed by atoms with Crippen LogP contribution in [0.2, 0.25) is 0 Å². The summed E-state index contributed by atoms with van der Waals surface area (Å²) in [5.74, 6) is 5.65. The van der Waals surface area contributed by atoms with Crippen molar-refractivity contribution in [2.24, 2.45) is 5.84 Å². The summed E-state index contributed by atoms with van der Waals surface area (Å²) in [6, 6.07) is 4.06. The number of hydrazine groups is 1. The first-order valence-electron chi connectivity index (χ1n) is 6.06. The van der Waals surface area contributed by atoms with E-state index in [1.165, 1.54) is 0 Å². The molecular weight excluding hydrogens is 258 g/mol. The second kappa shape index (κ2) is 5.08. The van der Waals surface area contributed by atoms with Gasteiger partial charge in [0, 0.05) is 36.1 Å². The van der Waals surface area contributed by atoms with E-state index in [1.807, 2.05) is 47.4 Å². The number of nitrogens with two attached hydrogens (primary N) is 1. The predicted molar refractivity (Wildman–Crippen MR) is 75.8 cm³/mol. The minimum atomic E-state index is 0.0257. The molecule has 3 aromatic rings. The van der Waals surface area contributed by atoms with Gasteiger partial charge in [0.25, 0.3) is 0 Å². The molecule has 1 unspecified atom stereocenters. The van der Waals surface area contributed by atoms with Crippen LogP contribution in [0.1, 0.15) is 23.0 Å². The van der Waals surface area contributed by atoms with Crippen LogP contribution in [0.25, 0.3) is 4.96 Å². The van der Waals surface area contributed by atoms with Gasteiger partial charge in [0.1, 0.15) is 0 Å². The summed E-state index contributed by atoms with van der Waals surface area (Å²) in [5, 5.41) is 2.02. The molecule has 3 heterocycles. The third-order valence-corrected chi connectivity index (χ3v) is 3.86. The van der Waals surface area contributed by atoms with Crippen molar-refractivity contribution in [2.75, 3.05) is 0 Å². The minimum Gasteiger partial charge on any atom is -0.297 e. The highest BCUT2D eigenvalue weighted by molar-refractivity contribution is 7.15. The fourth-order valence-corrected chi connectivity index (χ4v) is 2.76. The lowest BCUT2D eigenvalue weighted by molar-refractivity contribution is 0.545. The standard InChI is InChI=1S/C13H15N5S/c1-9-2-3-10(7-15-9)12(17-14)6-11-8-18-4-5-19-13(18)16-11/h2-5,7-8,12,17H,6,14H2,1H3. The Morgan fingerprint density at radius 1 is 1.47 bits per heavy atom. The molecule has 98 valence electrons. The Bertz CT molecular complexity index is 641. The lowest BCUT2D eigenvalue weighted by Crippen LogP contribution is -2.29. The van der Waals surface area contributed by atoms with Gasteiger partial charge in [-0.25, -0.2) is 4.98 Å². The van der Waals surface area contributed by atoms with E-state index in [-0.39, 0.29) is 6.04 Å². The number of fused-ring (bicyclic) bond motifs is 1. The number of thiazole rings is 1. The van der Waals surface area contributed by atoms with E-state index < -0.39 is 0 Å². The lowest BCUT2D eigenvalue weighted by atomic mass is 10.0. The van der Waals surface area contributed by atoms with E-state index in [9.17, 15) is 0 Å². The third-order valence-electron chi connectivity index (χ3n) is 3.09. The average molecular weight is 273 g/mol. The van der Waals surface area contributed by atoms with Crippen molar-refractivity contribution >= 4 is 16.3 Å². The van der Waals surface area contributed by atoms with Crippen molar-refractivity contribution in [1.82, 2.24) is 19.8 Å². The molecule has 1 atom stereocenters. The van der Waals surface area contributed by atoms with Crippen molar-refractivity contribution in [2.45, 2.75) is 19.4 Å². The van der Waals surface area contributed by atoms with Crippen LogP contribution in [0.3, 0.4) is 0 Å². The largest absolute Gasteiger partial charge is 0.297 e. The van der Waals surface area contributed by atoms with Crippen LogP contribution < -0.4 is 11.3 Å². The molecular formula is C13H15N5S. The zero-order valence-corrected chi connectivity index (χ0v) is 11.4. The molecule has 0 aromatic carbocycles. The molecule has 3 N–H and O–H groups in total. The summed E-state index contributed by atoms with van der Waals surface area (Å²) in [5.41, 5.74) is 5.94. The molecule has 0 spiro atoms. The van der Waals surface area contributed by atoms with Crippen molar-refractivity contribution in [1.29, 1.82) is 0 Å². The van der Waals surface area contributed by atoms with Gasteiger partial charge in [-0.3, -0.25) is 20.7 Å². The van der Waals surface area contributed by atoms with Crippen LogP contribution >= 0.6 is 11.3 Å². The van der Waals surface area contributed by atoms with Crippen molar-refractivity contribution < 1.29 is 0 Å². The Morgan fingerprint density at radius 2 is 2.37 bits per heavy atom. The quantitative estimate of drug-likeness (QED) is 0.562. The van der Waals surface area contributed by atoms with Crippen molar-refractivity contribution in [3.63, 3.8) is 0 Å². The normalized spacial score (nSPS) is 12.9. The second-order valence-electron chi connectivity index (χ2n) is 4.48. The summed E-state index contributed by atoms with van der Waals surface area (Å²) in [6.45, 7) is 1.97. The van der Waals surface area contributed by atoms with Crippen molar-refractivity contribution in [3.05, 3.63) is 53.1 Å². The molecule has 0 saturated carbocycles. The first kappa shape index (κ1) is 12.3. The van der Waals surface area contributed by atoms with Crippen LogP contribution in [0.15, 0.2) is 36.1 Å². The van der Waals surface area contributed by atoms with Gasteiger partial charge < -0.3 is 0 Å². The lowest BCUT2D eigenvalue weighted by Gasteiger charge is -2.14. The molecule has 0 saturated heterocycles. The summed E-state index contributed by atoms with van der Waals surface area (Å²) < 4.78 is 2.03. The van der Waals surface area contributed by atoms with Crippen LogP contribution in [0.4, 0.5) is 0 Å². The number of aryl methyl sites for hydroxylation is 1. The molecule has 0 bridgehead atoms. The molecule has 3 rings (SSSR count). The van der Waals surface area contributed by atoms with Crippen LogP contribution in [0.5, 0.6) is 0 Å². The average Bonchev–Trinajstić information content (AvgIpc) is 2.98. The van der Waals surface area contributed by atoms with Gasteiger partial charge in [0.15, 0.2) is 4.96 Å². The number of nitrogens with zero attached hydrogens (tertiary/aromatic N) is 3. The van der Waals surface area contributed by atoms with E-state index in [4.69, 9.17) is 5.84 Å². The van der Waals surface area contributed by atoms with Gasteiger partial charge in [-0.05, 0) is 18.6 Å². The number of imidazole rings is 1. The van der Waals surface area contributed by atoms with E-state index in [2.05, 4.69) is 15.4 Å². The number of pyridine rings is 1. The summed E-state index contributed by atoms with van der Waals surface area (Å²) >= 11 is 1.63. The van der Waals surface area contributed by atoms with Gasteiger partial charge in [-0.1, -0.05) is 6.07 Å². The van der Waals surface area contributed by atoms with Gasteiger partial charge in [-0.2, -0.15) is 0 Å². The number of hydrogen-bond acceptors (Lipinski definition) is 5. The maximum Gasteiger partial charge on any atom is 0.193 e. The van der Waals surface area contributed by atoms with E-state index >= 15 is 0 Å². The Kier molecular flexibility index (Phi) is 3.29. The SMILES string of the molecule is Cc1ccc(C(Cc2cn3ccsc3n2)NN)cn1. The first-order valence-corrected chi connectivity index (χ1v) is 6.94. The van der Waals surface area contributed by atoms with Crippen molar-refractivity contribution in [3.8, 4) is 0 Å². The molecule has 6 heteroatoms. The Balaban J connectivity index is 1.83. The number of rotatable bonds is 4. The fourth-order valence-electron chi connectivity index (χ4n) is 2.04. The molecule has 0 aliphatic rings. The fraction of sp³-hybridized carbons (Fsp3) is 0.231. The third kappa shape index (κ3) is 2.51. The number of aromatic nitrogens is 3. The molecule has 0 aliphatic carbocycles. The Labute approximate surface area is 115 Å². The van der Waals surface area contributed by atoms with E-state index in [0.717, 1.165) is 28.3 Å². The van der Waals surface area contributed by atoms with Gasteiger partial charge in [0.05, 0.1) is 11.7 Å². The van der Waals surface area contributed by atoms with E-state index in [1.54, 1.807) is 11.3 Å². The highest BCUT2D eigenvalue weighted by Crippen LogP contribution is 2.19. The Morgan fingerprint density at radius 3 is 3.05 bits per heavy atom. The van der Waals surface area contributed by atoms with E-state index in [0.29, 0.717) is 0 Å². The maximum atomic E-state index is 5.65. The molecule has 0 aliphatic heterocycles. The van der Waals surface area contributed by atoms with Gasteiger partial charge in [-0.15, -0.1) is 11.3 Å². The zero-order chi connectivity index (χ0) is 13.2. The smallest absolute Gasteiger partial charge is 0.193 e. The van der Waals surface area contributed by atoms with Crippen LogP contribution in [0, 0.1) is 6.92 Å². The molecule has 19 heavy (non-hydrogen) atoms. The Hall–Kier alpha value is -1.76. The second-order valence-corrected chi connectivity index (χ2v) is 5.35. The summed E-state index contributed by atoms with van der Waals surface area (Å²) in [4.78, 5) is 9.88. The zero-order valence-electron chi connectivity index (χ0n) is 10.6. The molecule has 0 amide bonds.